The molecule has 78 valence electrons. The minimum Gasteiger partial charge on any atom is -0.317 e. The molecular formula is C8H7Cl2N5. The quantitative estimate of drug-likeness (QED) is 0.839. The van der Waals surface area contributed by atoms with Gasteiger partial charge in [0.15, 0.2) is 5.82 Å². The number of nitrogens with one attached hydrogen (secondary N) is 1. The molecule has 0 amide bonds. The van der Waals surface area contributed by atoms with E-state index >= 15 is 0 Å². The highest BCUT2D eigenvalue weighted by Crippen LogP contribution is 2.26. The molecule has 0 saturated carbocycles. The van der Waals surface area contributed by atoms with Crippen molar-refractivity contribution in [3.8, 4) is 0 Å². The lowest BCUT2D eigenvalue weighted by Crippen LogP contribution is -2.14. The Hall–Kier alpha value is -1.17. The van der Waals surface area contributed by atoms with Crippen LogP contribution in [0.1, 0.15) is 17.4 Å². The zero-order chi connectivity index (χ0) is 10.8. The molecule has 0 fully saturated rings. The van der Waals surface area contributed by atoms with E-state index in [9.17, 15) is 0 Å². The highest BCUT2D eigenvalue weighted by atomic mass is 35.5. The van der Waals surface area contributed by atoms with E-state index in [1.54, 1.807) is 18.2 Å². The SMILES string of the molecule is NC(c1nn[nH]n1)c1ccc(Cl)cc1Cl. The van der Waals surface area contributed by atoms with Crippen LogP contribution in [0, 0.1) is 0 Å². The molecule has 1 heterocycles. The largest absolute Gasteiger partial charge is 0.317 e. The van der Waals surface area contributed by atoms with Gasteiger partial charge in [0.2, 0.25) is 0 Å². The second-order valence-electron chi connectivity index (χ2n) is 2.91. The zero-order valence-electron chi connectivity index (χ0n) is 7.48. The summed E-state index contributed by atoms with van der Waals surface area (Å²) >= 11 is 11.8. The lowest BCUT2D eigenvalue weighted by Gasteiger charge is -2.09. The molecule has 0 saturated heterocycles. The maximum absolute atomic E-state index is 5.99. The van der Waals surface area contributed by atoms with Crippen LogP contribution >= 0.6 is 23.2 Å². The number of hydrogen-bond donors (Lipinski definition) is 2. The van der Waals surface area contributed by atoms with Crippen LogP contribution in [0.4, 0.5) is 0 Å². The van der Waals surface area contributed by atoms with Gasteiger partial charge in [0, 0.05) is 10.0 Å². The van der Waals surface area contributed by atoms with Crippen LogP contribution in [0.3, 0.4) is 0 Å². The van der Waals surface area contributed by atoms with Gasteiger partial charge in [0.25, 0.3) is 0 Å². The van der Waals surface area contributed by atoms with Crippen LogP contribution in [-0.4, -0.2) is 20.6 Å². The van der Waals surface area contributed by atoms with E-state index in [1.807, 2.05) is 0 Å². The van der Waals surface area contributed by atoms with E-state index in [-0.39, 0.29) is 0 Å². The van der Waals surface area contributed by atoms with E-state index in [1.165, 1.54) is 0 Å². The number of rotatable bonds is 2. The second-order valence-corrected chi connectivity index (χ2v) is 3.76. The first kappa shape index (κ1) is 10.4. The third kappa shape index (κ3) is 2.09. The van der Waals surface area contributed by atoms with E-state index in [0.29, 0.717) is 21.4 Å². The minimum atomic E-state index is -0.506. The molecule has 0 aliphatic rings. The van der Waals surface area contributed by atoms with Crippen molar-refractivity contribution < 1.29 is 0 Å². The first-order valence-corrected chi connectivity index (χ1v) is 4.88. The summed E-state index contributed by atoms with van der Waals surface area (Å²) in [6.45, 7) is 0. The molecule has 0 spiro atoms. The van der Waals surface area contributed by atoms with E-state index in [2.05, 4.69) is 20.6 Å². The number of tetrazole rings is 1. The van der Waals surface area contributed by atoms with Gasteiger partial charge in [-0.1, -0.05) is 34.5 Å². The Morgan fingerprint density at radius 1 is 1.33 bits per heavy atom. The summed E-state index contributed by atoms with van der Waals surface area (Å²) in [5, 5.41) is 14.4. The van der Waals surface area contributed by atoms with Crippen molar-refractivity contribution in [2.24, 2.45) is 5.73 Å². The molecule has 0 aliphatic heterocycles. The predicted octanol–water partition coefficient (Wildman–Crippen LogP) is 1.55. The number of aromatic amines is 1. The summed E-state index contributed by atoms with van der Waals surface area (Å²) in [6.07, 6.45) is 0. The lowest BCUT2D eigenvalue weighted by molar-refractivity contribution is 0.785. The molecular weight excluding hydrogens is 237 g/mol. The van der Waals surface area contributed by atoms with Crippen LogP contribution in [0.25, 0.3) is 0 Å². The molecule has 15 heavy (non-hydrogen) atoms. The summed E-state index contributed by atoms with van der Waals surface area (Å²) in [7, 11) is 0. The Balaban J connectivity index is 2.38. The molecule has 0 bridgehead atoms. The lowest BCUT2D eigenvalue weighted by atomic mass is 10.1. The Bertz CT molecular complexity index is 456. The highest BCUT2D eigenvalue weighted by molar-refractivity contribution is 6.35. The topological polar surface area (TPSA) is 80.5 Å². The summed E-state index contributed by atoms with van der Waals surface area (Å²) in [4.78, 5) is 0. The number of nitrogens with two attached hydrogens (primary N) is 1. The van der Waals surface area contributed by atoms with Crippen molar-refractivity contribution in [1.29, 1.82) is 0 Å². The fraction of sp³-hybridized carbons (Fsp3) is 0.125. The van der Waals surface area contributed by atoms with Crippen molar-refractivity contribution in [2.75, 3.05) is 0 Å². The average Bonchev–Trinajstić information content (AvgIpc) is 2.69. The van der Waals surface area contributed by atoms with Crippen LogP contribution in [0.15, 0.2) is 18.2 Å². The van der Waals surface area contributed by atoms with Gasteiger partial charge in [0.1, 0.15) is 0 Å². The fourth-order valence-corrected chi connectivity index (χ4v) is 1.72. The van der Waals surface area contributed by atoms with E-state index < -0.39 is 6.04 Å². The van der Waals surface area contributed by atoms with Crippen LogP contribution in [0.2, 0.25) is 10.0 Å². The summed E-state index contributed by atoms with van der Waals surface area (Å²) in [5.41, 5.74) is 6.61. The molecule has 0 aliphatic carbocycles. The van der Waals surface area contributed by atoms with Crippen molar-refractivity contribution in [3.63, 3.8) is 0 Å². The van der Waals surface area contributed by atoms with Crippen molar-refractivity contribution in [1.82, 2.24) is 20.6 Å². The summed E-state index contributed by atoms with van der Waals surface area (Å²) < 4.78 is 0. The number of nitrogens with zero attached hydrogens (tertiary/aromatic N) is 3. The van der Waals surface area contributed by atoms with E-state index in [0.717, 1.165) is 0 Å². The third-order valence-corrected chi connectivity index (χ3v) is 2.50. The molecule has 1 aromatic heterocycles. The van der Waals surface area contributed by atoms with Gasteiger partial charge in [0.05, 0.1) is 6.04 Å². The summed E-state index contributed by atoms with van der Waals surface area (Å²) in [5.74, 6) is 0.388. The van der Waals surface area contributed by atoms with Crippen molar-refractivity contribution in [3.05, 3.63) is 39.6 Å². The van der Waals surface area contributed by atoms with Crippen molar-refractivity contribution >= 4 is 23.2 Å². The average molecular weight is 244 g/mol. The maximum atomic E-state index is 5.99. The number of halogens is 2. The zero-order valence-corrected chi connectivity index (χ0v) is 9.00. The van der Waals surface area contributed by atoms with Gasteiger partial charge in [-0.25, -0.2) is 0 Å². The first-order valence-electron chi connectivity index (χ1n) is 4.12. The van der Waals surface area contributed by atoms with Crippen LogP contribution < -0.4 is 5.73 Å². The normalized spacial score (nSPS) is 12.7. The smallest absolute Gasteiger partial charge is 0.195 e. The molecule has 1 unspecified atom stereocenters. The predicted molar refractivity (Wildman–Crippen MR) is 56.7 cm³/mol. The molecule has 2 rings (SSSR count). The number of aromatic nitrogens is 4. The fourth-order valence-electron chi connectivity index (χ4n) is 1.19. The van der Waals surface area contributed by atoms with Gasteiger partial charge < -0.3 is 5.73 Å². The molecule has 1 atom stereocenters. The summed E-state index contributed by atoms with van der Waals surface area (Å²) in [6, 6.07) is 4.57. The van der Waals surface area contributed by atoms with Gasteiger partial charge >= 0.3 is 0 Å². The Labute approximate surface area is 95.6 Å². The van der Waals surface area contributed by atoms with Crippen LogP contribution in [-0.2, 0) is 0 Å². The number of hydrogen-bond acceptors (Lipinski definition) is 4. The Morgan fingerprint density at radius 2 is 2.13 bits per heavy atom. The van der Waals surface area contributed by atoms with Gasteiger partial charge in [-0.2, -0.15) is 5.21 Å². The molecule has 7 heteroatoms. The van der Waals surface area contributed by atoms with Crippen molar-refractivity contribution in [2.45, 2.75) is 6.04 Å². The van der Waals surface area contributed by atoms with Gasteiger partial charge in [-0.05, 0) is 17.7 Å². The minimum absolute atomic E-state index is 0.388. The number of benzene rings is 1. The Morgan fingerprint density at radius 3 is 2.73 bits per heavy atom. The highest BCUT2D eigenvalue weighted by Gasteiger charge is 2.16. The molecule has 1 aromatic carbocycles. The maximum Gasteiger partial charge on any atom is 0.195 e. The monoisotopic (exact) mass is 243 g/mol. The van der Waals surface area contributed by atoms with Gasteiger partial charge in [-0.15, -0.1) is 10.2 Å². The molecule has 3 N–H and O–H groups in total. The first-order chi connectivity index (χ1) is 7.18. The van der Waals surface area contributed by atoms with Gasteiger partial charge in [-0.3, -0.25) is 0 Å². The molecule has 2 aromatic rings. The van der Waals surface area contributed by atoms with Crippen LogP contribution in [0.5, 0.6) is 0 Å². The standard InChI is InChI=1S/C8H7Cl2N5/c9-4-1-2-5(6(10)3-4)7(11)8-12-14-15-13-8/h1-3,7H,11H2,(H,12,13,14,15). The second kappa shape index (κ2) is 4.14. The third-order valence-electron chi connectivity index (χ3n) is 1.94. The molecule has 5 nitrogen and oxygen atoms in total. The number of H-pyrrole nitrogens is 1. The Kier molecular flexibility index (Phi) is 2.86. The van der Waals surface area contributed by atoms with E-state index in [4.69, 9.17) is 28.9 Å². The molecule has 0 radical (unpaired) electrons.